The molecule has 0 unspecified atom stereocenters. The van der Waals surface area contributed by atoms with Gasteiger partial charge in [-0.15, -0.1) is 0 Å². The number of amides is 1. The van der Waals surface area contributed by atoms with Gasteiger partial charge in [0.2, 0.25) is 5.91 Å². The molecule has 0 radical (unpaired) electrons. The number of hydrogen-bond donors (Lipinski definition) is 1. The van der Waals surface area contributed by atoms with Crippen molar-refractivity contribution in [3.63, 3.8) is 0 Å². The lowest BCUT2D eigenvalue weighted by atomic mass is 9.88. The molecule has 1 aliphatic rings. The first-order chi connectivity index (χ1) is 14.7. The molecule has 30 heavy (non-hydrogen) atoms. The maximum absolute atomic E-state index is 12.5. The Morgan fingerprint density at radius 3 is 2.53 bits per heavy atom. The van der Waals surface area contributed by atoms with Gasteiger partial charge in [0.1, 0.15) is 5.75 Å². The molecule has 0 bridgehead atoms. The molecule has 3 heteroatoms. The van der Waals surface area contributed by atoms with E-state index < -0.39 is 0 Å². The summed E-state index contributed by atoms with van der Waals surface area (Å²) in [5, 5.41) is 5.62. The highest BCUT2D eigenvalue weighted by atomic mass is 16.5. The van der Waals surface area contributed by atoms with Gasteiger partial charge in [0.25, 0.3) is 0 Å². The second-order valence-corrected chi connectivity index (χ2v) is 8.38. The van der Waals surface area contributed by atoms with E-state index in [1.54, 1.807) is 7.11 Å². The molecule has 0 saturated heterocycles. The average molecular weight is 402 g/mol. The Bertz CT molecular complexity index is 990. The fraction of sp³-hybridized carbons (Fsp3) is 0.370. The average Bonchev–Trinajstić information content (AvgIpc) is 2.80. The third-order valence-corrected chi connectivity index (χ3v) is 6.23. The van der Waals surface area contributed by atoms with Gasteiger partial charge in [-0.05, 0) is 65.3 Å². The number of carbonyl (C=O) groups excluding carboxylic acids is 1. The first-order valence-electron chi connectivity index (χ1n) is 11.1. The van der Waals surface area contributed by atoms with E-state index in [-0.39, 0.29) is 11.8 Å². The van der Waals surface area contributed by atoms with Crippen LogP contribution in [0.25, 0.3) is 10.8 Å². The van der Waals surface area contributed by atoms with Crippen LogP contribution in [0.3, 0.4) is 0 Å². The molecular weight excluding hydrogens is 370 g/mol. The van der Waals surface area contributed by atoms with Crippen molar-refractivity contribution in [1.82, 2.24) is 5.32 Å². The molecule has 1 fully saturated rings. The van der Waals surface area contributed by atoms with E-state index in [1.165, 1.54) is 46.7 Å². The highest BCUT2D eigenvalue weighted by molar-refractivity contribution is 5.88. The summed E-state index contributed by atoms with van der Waals surface area (Å²) in [7, 11) is 1.70. The summed E-state index contributed by atoms with van der Waals surface area (Å²) in [5.41, 5.74) is 3.87. The largest absolute Gasteiger partial charge is 0.497 e. The normalized spacial score (nSPS) is 14.6. The summed E-state index contributed by atoms with van der Waals surface area (Å²) in [6, 6.07) is 21.4. The molecule has 1 amide bonds. The van der Waals surface area contributed by atoms with Crippen LogP contribution in [0.1, 0.15) is 48.8 Å². The first kappa shape index (κ1) is 20.5. The molecule has 1 N–H and O–H groups in total. The van der Waals surface area contributed by atoms with E-state index in [9.17, 15) is 4.79 Å². The Hall–Kier alpha value is -2.81. The Morgan fingerprint density at radius 1 is 0.967 bits per heavy atom. The second kappa shape index (κ2) is 9.80. The van der Waals surface area contributed by atoms with Crippen molar-refractivity contribution >= 4 is 16.7 Å². The van der Waals surface area contributed by atoms with Crippen LogP contribution in [0.5, 0.6) is 5.75 Å². The van der Waals surface area contributed by atoms with E-state index in [4.69, 9.17) is 4.74 Å². The van der Waals surface area contributed by atoms with Gasteiger partial charge in [-0.25, -0.2) is 0 Å². The monoisotopic (exact) mass is 401 g/mol. The minimum atomic E-state index is 0.208. The van der Waals surface area contributed by atoms with Crippen molar-refractivity contribution < 1.29 is 9.53 Å². The van der Waals surface area contributed by atoms with E-state index in [0.717, 1.165) is 31.4 Å². The molecule has 1 aliphatic carbocycles. The summed E-state index contributed by atoms with van der Waals surface area (Å²) >= 11 is 0. The topological polar surface area (TPSA) is 38.3 Å². The van der Waals surface area contributed by atoms with Gasteiger partial charge in [0, 0.05) is 12.5 Å². The highest BCUT2D eigenvalue weighted by Gasteiger charge is 2.20. The fourth-order valence-corrected chi connectivity index (χ4v) is 4.58. The van der Waals surface area contributed by atoms with Crippen molar-refractivity contribution in [3.05, 3.63) is 77.4 Å². The summed E-state index contributed by atoms with van der Waals surface area (Å²) in [5.74, 6) is 1.31. The molecule has 0 atom stereocenters. The molecule has 0 aliphatic heterocycles. The summed E-state index contributed by atoms with van der Waals surface area (Å²) in [6.45, 7) is 0.677. The number of hydrogen-bond acceptors (Lipinski definition) is 2. The maximum atomic E-state index is 12.5. The van der Waals surface area contributed by atoms with Gasteiger partial charge >= 0.3 is 0 Å². The van der Waals surface area contributed by atoms with E-state index in [1.807, 2.05) is 6.07 Å². The zero-order valence-corrected chi connectivity index (χ0v) is 17.8. The van der Waals surface area contributed by atoms with Gasteiger partial charge in [-0.2, -0.15) is 0 Å². The third-order valence-electron chi connectivity index (χ3n) is 6.23. The Kier molecular flexibility index (Phi) is 6.68. The number of rotatable bonds is 7. The summed E-state index contributed by atoms with van der Waals surface area (Å²) in [4.78, 5) is 12.5. The van der Waals surface area contributed by atoms with E-state index in [0.29, 0.717) is 6.54 Å². The van der Waals surface area contributed by atoms with E-state index in [2.05, 4.69) is 59.9 Å². The van der Waals surface area contributed by atoms with Crippen LogP contribution in [0, 0.1) is 5.92 Å². The van der Waals surface area contributed by atoms with Gasteiger partial charge in [0.05, 0.1) is 7.11 Å². The Balaban J connectivity index is 1.53. The number of ether oxygens (including phenoxy) is 1. The predicted octanol–water partition coefficient (Wildman–Crippen LogP) is 5.68. The number of fused-ring (bicyclic) bond motifs is 1. The lowest BCUT2D eigenvalue weighted by Crippen LogP contribution is -2.33. The molecule has 3 nitrogen and oxygen atoms in total. The lowest BCUT2D eigenvalue weighted by molar-refractivity contribution is -0.125. The van der Waals surface area contributed by atoms with Crippen LogP contribution in [0.4, 0.5) is 0 Å². The first-order valence-corrected chi connectivity index (χ1v) is 11.1. The minimum Gasteiger partial charge on any atom is -0.497 e. The number of benzene rings is 3. The van der Waals surface area contributed by atoms with Gasteiger partial charge in [-0.3, -0.25) is 4.79 Å². The van der Waals surface area contributed by atoms with Crippen LogP contribution >= 0.6 is 0 Å². The fourth-order valence-electron chi connectivity index (χ4n) is 4.58. The van der Waals surface area contributed by atoms with Crippen molar-refractivity contribution in [2.45, 2.75) is 44.9 Å². The summed E-state index contributed by atoms with van der Waals surface area (Å²) in [6.07, 6.45) is 7.45. The maximum Gasteiger partial charge on any atom is 0.223 e. The molecule has 1 saturated carbocycles. The number of carbonyl (C=O) groups is 1. The smallest absolute Gasteiger partial charge is 0.223 e. The lowest BCUT2D eigenvalue weighted by Gasteiger charge is -2.21. The second-order valence-electron chi connectivity index (χ2n) is 8.38. The van der Waals surface area contributed by atoms with Crippen LogP contribution in [-0.2, 0) is 17.6 Å². The standard InChI is InChI=1S/C27H31NO2/c1-30-25-13-12-23-17-21(16-20-8-4-2-5-9-20)18-24(26(23)19-25)14-15-28-27(29)22-10-6-3-7-11-22/h2,4-5,8-9,12-13,17-19,22H,3,6-7,10-11,14-16H2,1H3,(H,28,29). The van der Waals surface area contributed by atoms with Crippen molar-refractivity contribution in [2.75, 3.05) is 13.7 Å². The van der Waals surface area contributed by atoms with Crippen molar-refractivity contribution in [1.29, 1.82) is 0 Å². The van der Waals surface area contributed by atoms with Crippen LogP contribution < -0.4 is 10.1 Å². The molecule has 0 spiro atoms. The molecule has 0 aromatic heterocycles. The quantitative estimate of drug-likeness (QED) is 0.553. The summed E-state index contributed by atoms with van der Waals surface area (Å²) < 4.78 is 5.46. The van der Waals surface area contributed by atoms with E-state index >= 15 is 0 Å². The molecule has 156 valence electrons. The minimum absolute atomic E-state index is 0.208. The molecular formula is C27H31NO2. The Labute approximate surface area is 179 Å². The molecule has 0 heterocycles. The SMILES string of the molecule is COc1ccc2cc(Cc3ccccc3)cc(CCNC(=O)C3CCCCC3)c2c1. The number of methoxy groups -OCH3 is 1. The van der Waals surface area contributed by atoms with Gasteiger partial charge < -0.3 is 10.1 Å². The zero-order valence-electron chi connectivity index (χ0n) is 17.8. The van der Waals surface area contributed by atoms with Crippen LogP contribution in [0.2, 0.25) is 0 Å². The Morgan fingerprint density at radius 2 is 1.77 bits per heavy atom. The molecule has 3 aromatic carbocycles. The van der Waals surface area contributed by atoms with Crippen molar-refractivity contribution in [2.24, 2.45) is 5.92 Å². The van der Waals surface area contributed by atoms with Crippen LogP contribution in [-0.4, -0.2) is 19.6 Å². The molecule has 3 aromatic rings. The van der Waals surface area contributed by atoms with Crippen molar-refractivity contribution in [3.8, 4) is 5.75 Å². The molecule has 4 rings (SSSR count). The third kappa shape index (κ3) is 5.02. The van der Waals surface area contributed by atoms with Crippen LogP contribution in [0.15, 0.2) is 60.7 Å². The predicted molar refractivity (Wildman–Crippen MR) is 123 cm³/mol. The highest BCUT2D eigenvalue weighted by Crippen LogP contribution is 2.28. The van der Waals surface area contributed by atoms with Gasteiger partial charge in [0.15, 0.2) is 0 Å². The zero-order chi connectivity index (χ0) is 20.8. The van der Waals surface area contributed by atoms with Gasteiger partial charge in [-0.1, -0.05) is 67.8 Å². The number of nitrogens with one attached hydrogen (secondary N) is 1.